The molecule has 0 saturated heterocycles. The van der Waals surface area contributed by atoms with Gasteiger partial charge in [0.25, 0.3) is 0 Å². The molecule has 2 N–H and O–H groups in total. The van der Waals surface area contributed by atoms with Crippen molar-refractivity contribution in [1.29, 1.82) is 0 Å². The van der Waals surface area contributed by atoms with E-state index in [0.29, 0.717) is 10.8 Å². The number of carbonyl (C=O) groups excluding carboxylic acids is 2. The van der Waals surface area contributed by atoms with E-state index in [1.165, 1.54) is 0 Å². The molecule has 2 heterocycles. The second kappa shape index (κ2) is 7.49. The molecule has 3 rings (SSSR count). The Morgan fingerprint density at radius 1 is 1.28 bits per heavy atom. The van der Waals surface area contributed by atoms with Gasteiger partial charge in [0, 0.05) is 28.1 Å². The molecule has 1 aliphatic heterocycles. The normalized spacial score (nSPS) is 14.0. The van der Waals surface area contributed by atoms with E-state index in [4.69, 9.17) is 11.6 Å². The molecule has 1 aromatic carbocycles. The van der Waals surface area contributed by atoms with Gasteiger partial charge in [0.1, 0.15) is 5.82 Å². The Hall–Kier alpha value is -1.99. The third-order valence-corrected chi connectivity index (χ3v) is 5.27. The Balaban J connectivity index is 1.89. The summed E-state index contributed by atoms with van der Waals surface area (Å²) < 4.78 is 1.66. The molecule has 132 valence electrons. The first-order valence-electron chi connectivity index (χ1n) is 8.06. The average Bonchev–Trinajstić information content (AvgIpc) is 3.18. The van der Waals surface area contributed by atoms with Gasteiger partial charge in [-0.25, -0.2) is 4.68 Å². The molecule has 0 fully saturated rings. The van der Waals surface area contributed by atoms with Gasteiger partial charge in [-0.15, -0.1) is 0 Å². The first-order chi connectivity index (χ1) is 12.0. The highest BCUT2D eigenvalue weighted by molar-refractivity contribution is 7.98. The SMILES string of the molecule is CC[C@@H](C)NC(=O)C(=O)Nc1c2c(nn1-c1ccc(Cl)cc1)CSC2. The fourth-order valence-electron chi connectivity index (χ4n) is 2.47. The number of rotatable bonds is 4. The van der Waals surface area contributed by atoms with Crippen LogP contribution in [0.5, 0.6) is 0 Å². The Morgan fingerprint density at radius 3 is 2.68 bits per heavy atom. The summed E-state index contributed by atoms with van der Waals surface area (Å²) in [6.45, 7) is 3.81. The zero-order chi connectivity index (χ0) is 18.0. The van der Waals surface area contributed by atoms with Crippen LogP contribution in [-0.4, -0.2) is 27.6 Å². The predicted octanol–water partition coefficient (Wildman–Crippen LogP) is 3.13. The zero-order valence-corrected chi connectivity index (χ0v) is 15.6. The summed E-state index contributed by atoms with van der Waals surface area (Å²) in [5, 5.41) is 10.6. The fraction of sp³-hybridized carbons (Fsp3) is 0.353. The van der Waals surface area contributed by atoms with E-state index in [1.807, 2.05) is 26.0 Å². The highest BCUT2D eigenvalue weighted by atomic mass is 35.5. The van der Waals surface area contributed by atoms with Gasteiger partial charge in [0.15, 0.2) is 0 Å². The van der Waals surface area contributed by atoms with Crippen LogP contribution in [0.1, 0.15) is 31.5 Å². The molecule has 2 amide bonds. The smallest absolute Gasteiger partial charge is 0.314 e. The molecule has 6 nitrogen and oxygen atoms in total. The maximum absolute atomic E-state index is 12.3. The lowest BCUT2D eigenvalue weighted by Crippen LogP contribution is -2.40. The standard InChI is InChI=1S/C17H19ClN4O2S/c1-3-10(2)19-16(23)17(24)20-15-13-8-25-9-14(13)21-22(15)12-6-4-11(18)5-7-12/h4-7,10H,3,8-9H2,1-2H3,(H,19,23)(H,20,24)/t10-/m1/s1. The summed E-state index contributed by atoms with van der Waals surface area (Å²) in [6.07, 6.45) is 0.758. The minimum absolute atomic E-state index is 0.0549. The Labute approximate surface area is 155 Å². The summed E-state index contributed by atoms with van der Waals surface area (Å²) in [5.74, 6) is 0.767. The maximum Gasteiger partial charge on any atom is 0.314 e. The number of benzene rings is 1. The molecular weight excluding hydrogens is 360 g/mol. The van der Waals surface area contributed by atoms with Crippen LogP contribution in [0.25, 0.3) is 5.69 Å². The summed E-state index contributed by atoms with van der Waals surface area (Å²) in [5.41, 5.74) is 2.67. The predicted molar refractivity (Wildman–Crippen MR) is 100 cm³/mol. The van der Waals surface area contributed by atoms with Crippen molar-refractivity contribution < 1.29 is 9.59 Å². The van der Waals surface area contributed by atoms with E-state index in [0.717, 1.165) is 34.9 Å². The number of hydrogen-bond acceptors (Lipinski definition) is 4. The third-order valence-electron chi connectivity index (χ3n) is 4.05. The van der Waals surface area contributed by atoms with E-state index >= 15 is 0 Å². The van der Waals surface area contributed by atoms with Crippen molar-refractivity contribution in [3.8, 4) is 5.69 Å². The van der Waals surface area contributed by atoms with Crippen LogP contribution < -0.4 is 10.6 Å². The van der Waals surface area contributed by atoms with Crippen molar-refractivity contribution in [3.63, 3.8) is 0 Å². The van der Waals surface area contributed by atoms with Gasteiger partial charge in [0.05, 0.1) is 11.4 Å². The van der Waals surface area contributed by atoms with E-state index in [9.17, 15) is 9.59 Å². The number of aromatic nitrogens is 2. The number of carbonyl (C=O) groups is 2. The van der Waals surface area contributed by atoms with Crippen molar-refractivity contribution in [3.05, 3.63) is 40.5 Å². The van der Waals surface area contributed by atoms with Crippen LogP contribution in [0.15, 0.2) is 24.3 Å². The molecule has 0 saturated carbocycles. The average molecular weight is 379 g/mol. The van der Waals surface area contributed by atoms with Crippen LogP contribution in [0.4, 0.5) is 5.82 Å². The second-order valence-electron chi connectivity index (χ2n) is 5.89. The quantitative estimate of drug-likeness (QED) is 0.801. The number of nitrogens with zero attached hydrogens (tertiary/aromatic N) is 2. The largest absolute Gasteiger partial charge is 0.345 e. The Kier molecular flexibility index (Phi) is 5.34. The topological polar surface area (TPSA) is 76.0 Å². The lowest BCUT2D eigenvalue weighted by atomic mass is 10.2. The first kappa shape index (κ1) is 17.8. The third kappa shape index (κ3) is 3.82. The summed E-state index contributed by atoms with van der Waals surface area (Å²) in [4.78, 5) is 24.4. The van der Waals surface area contributed by atoms with Gasteiger partial charge in [-0.3, -0.25) is 9.59 Å². The lowest BCUT2D eigenvalue weighted by molar-refractivity contribution is -0.136. The lowest BCUT2D eigenvalue weighted by Gasteiger charge is -2.13. The van der Waals surface area contributed by atoms with Crippen molar-refractivity contribution in [1.82, 2.24) is 15.1 Å². The van der Waals surface area contributed by atoms with Gasteiger partial charge in [0.2, 0.25) is 0 Å². The molecule has 0 bridgehead atoms. The van der Waals surface area contributed by atoms with Gasteiger partial charge in [-0.1, -0.05) is 18.5 Å². The number of hydrogen-bond donors (Lipinski definition) is 2. The van der Waals surface area contributed by atoms with Crippen LogP contribution in [0, 0.1) is 0 Å². The fourth-order valence-corrected chi connectivity index (χ4v) is 3.63. The Morgan fingerprint density at radius 2 is 2.00 bits per heavy atom. The number of nitrogens with one attached hydrogen (secondary N) is 2. The number of anilines is 1. The highest BCUT2D eigenvalue weighted by Crippen LogP contribution is 2.36. The molecule has 2 aromatic rings. The van der Waals surface area contributed by atoms with Gasteiger partial charge < -0.3 is 10.6 Å². The van der Waals surface area contributed by atoms with Crippen molar-refractivity contribution in [2.75, 3.05) is 5.32 Å². The second-order valence-corrected chi connectivity index (χ2v) is 7.31. The molecule has 1 aliphatic rings. The number of thioether (sulfide) groups is 1. The van der Waals surface area contributed by atoms with Gasteiger partial charge >= 0.3 is 11.8 Å². The van der Waals surface area contributed by atoms with Gasteiger partial charge in [-0.2, -0.15) is 16.9 Å². The van der Waals surface area contributed by atoms with E-state index < -0.39 is 11.8 Å². The minimum Gasteiger partial charge on any atom is -0.345 e. The first-order valence-corrected chi connectivity index (χ1v) is 9.59. The van der Waals surface area contributed by atoms with Crippen LogP contribution in [0.2, 0.25) is 5.02 Å². The van der Waals surface area contributed by atoms with Crippen LogP contribution in [0.3, 0.4) is 0 Å². The summed E-state index contributed by atoms with van der Waals surface area (Å²) in [7, 11) is 0. The monoisotopic (exact) mass is 378 g/mol. The molecule has 0 spiro atoms. The van der Waals surface area contributed by atoms with Gasteiger partial charge in [-0.05, 0) is 37.6 Å². The molecular formula is C17H19ClN4O2S. The Bertz CT molecular complexity index is 804. The van der Waals surface area contributed by atoms with E-state index in [-0.39, 0.29) is 6.04 Å². The molecule has 25 heavy (non-hydrogen) atoms. The number of fused-ring (bicyclic) bond motifs is 1. The number of amides is 2. The molecule has 1 atom stereocenters. The van der Waals surface area contributed by atoms with Crippen molar-refractivity contribution in [2.24, 2.45) is 0 Å². The van der Waals surface area contributed by atoms with Crippen LogP contribution in [-0.2, 0) is 21.1 Å². The number of halogens is 1. The molecule has 0 radical (unpaired) electrons. The molecule has 0 aliphatic carbocycles. The molecule has 0 unspecified atom stereocenters. The maximum atomic E-state index is 12.3. The molecule has 1 aromatic heterocycles. The highest BCUT2D eigenvalue weighted by Gasteiger charge is 2.26. The van der Waals surface area contributed by atoms with Crippen molar-refractivity contribution >= 4 is 41.0 Å². The summed E-state index contributed by atoms with van der Waals surface area (Å²) >= 11 is 7.68. The van der Waals surface area contributed by atoms with E-state index in [1.54, 1.807) is 28.6 Å². The zero-order valence-electron chi connectivity index (χ0n) is 14.0. The van der Waals surface area contributed by atoms with Crippen LogP contribution >= 0.6 is 23.4 Å². The minimum atomic E-state index is -0.685. The molecule has 8 heteroatoms. The van der Waals surface area contributed by atoms with E-state index in [2.05, 4.69) is 15.7 Å². The van der Waals surface area contributed by atoms with Crippen molar-refractivity contribution in [2.45, 2.75) is 37.8 Å². The summed E-state index contributed by atoms with van der Waals surface area (Å²) in [6, 6.07) is 7.12.